The summed E-state index contributed by atoms with van der Waals surface area (Å²) < 4.78 is 1.99. The fraction of sp³-hybridized carbons (Fsp3) is 0.286. The number of nitrogens with one attached hydrogen (secondary N) is 1. The minimum absolute atomic E-state index is 0.251. The molecule has 0 spiro atoms. The lowest BCUT2D eigenvalue weighted by Gasteiger charge is -2.22. The maximum Gasteiger partial charge on any atom is 0.326 e. The molecule has 1 aromatic heterocycles. The Hall–Kier alpha value is -2.86. The number of benzene rings is 2. The van der Waals surface area contributed by atoms with E-state index in [2.05, 4.69) is 15.4 Å². The molecular formula is C21H22ClN5O. The van der Waals surface area contributed by atoms with Gasteiger partial charge in [0.15, 0.2) is 5.82 Å². The van der Waals surface area contributed by atoms with Crippen molar-refractivity contribution in [1.29, 1.82) is 0 Å². The van der Waals surface area contributed by atoms with Gasteiger partial charge in [-0.3, -0.25) is 4.90 Å². The van der Waals surface area contributed by atoms with Crippen LogP contribution >= 0.6 is 11.6 Å². The van der Waals surface area contributed by atoms with E-state index in [1.165, 1.54) is 6.42 Å². The number of carbonyl (C=O) groups is 1. The average Bonchev–Trinajstić information content (AvgIpc) is 2.95. The zero-order chi connectivity index (χ0) is 19.3. The van der Waals surface area contributed by atoms with Gasteiger partial charge in [-0.2, -0.15) is 5.10 Å². The molecule has 1 N–H and O–H groups in total. The summed E-state index contributed by atoms with van der Waals surface area (Å²) in [6.45, 7) is 1.19. The van der Waals surface area contributed by atoms with Gasteiger partial charge in [0.25, 0.3) is 0 Å². The van der Waals surface area contributed by atoms with Crippen LogP contribution < -0.4 is 10.2 Å². The number of aryl methyl sites for hydroxylation is 2. The molecule has 2 amide bonds. The number of hydrogen-bond donors (Lipinski definition) is 1. The molecule has 2 heterocycles. The van der Waals surface area contributed by atoms with Crippen molar-refractivity contribution in [3.63, 3.8) is 0 Å². The van der Waals surface area contributed by atoms with E-state index in [-0.39, 0.29) is 6.03 Å². The highest BCUT2D eigenvalue weighted by Crippen LogP contribution is 2.21. The number of amides is 2. The lowest BCUT2D eigenvalue weighted by atomic mass is 10.2. The monoisotopic (exact) mass is 395 g/mol. The number of hydrogen-bond acceptors (Lipinski definition) is 3. The fourth-order valence-electron chi connectivity index (χ4n) is 3.37. The summed E-state index contributed by atoms with van der Waals surface area (Å²) >= 11 is 6.04. The number of para-hydroxylation sites is 1. The van der Waals surface area contributed by atoms with Crippen molar-refractivity contribution in [2.24, 2.45) is 0 Å². The van der Waals surface area contributed by atoms with Crippen molar-refractivity contribution >= 4 is 29.0 Å². The third kappa shape index (κ3) is 4.34. The summed E-state index contributed by atoms with van der Waals surface area (Å²) in [5.74, 6) is 1.66. The molecule has 0 unspecified atom stereocenters. The number of anilines is 2. The van der Waals surface area contributed by atoms with Gasteiger partial charge in [-0.05, 0) is 43.2 Å². The van der Waals surface area contributed by atoms with E-state index in [0.29, 0.717) is 23.1 Å². The van der Waals surface area contributed by atoms with Gasteiger partial charge < -0.3 is 5.32 Å². The number of nitrogens with zero attached hydrogens (tertiary/aromatic N) is 4. The summed E-state index contributed by atoms with van der Waals surface area (Å²) in [5.41, 5.74) is 1.43. The Morgan fingerprint density at radius 2 is 1.96 bits per heavy atom. The van der Waals surface area contributed by atoms with Crippen molar-refractivity contribution in [2.45, 2.75) is 38.8 Å². The topological polar surface area (TPSA) is 63.1 Å². The SMILES string of the molecule is O=C(Nc1cccc(Cl)c1)N(Cc1nc2n(n1)CCCCC2)c1ccccc1. The van der Waals surface area contributed by atoms with E-state index in [1.54, 1.807) is 23.1 Å². The second-order valence-electron chi connectivity index (χ2n) is 6.84. The normalized spacial score (nSPS) is 13.5. The first-order chi connectivity index (χ1) is 13.7. The van der Waals surface area contributed by atoms with E-state index in [0.717, 1.165) is 37.3 Å². The van der Waals surface area contributed by atoms with Crippen LogP contribution in [-0.4, -0.2) is 20.8 Å². The first-order valence-electron chi connectivity index (χ1n) is 9.51. The summed E-state index contributed by atoms with van der Waals surface area (Å²) in [4.78, 5) is 19.4. The first kappa shape index (κ1) is 18.5. The van der Waals surface area contributed by atoms with Gasteiger partial charge in [-0.1, -0.05) is 42.3 Å². The fourth-order valence-corrected chi connectivity index (χ4v) is 3.56. The average molecular weight is 396 g/mol. The van der Waals surface area contributed by atoms with Crippen LogP contribution in [0, 0.1) is 0 Å². The van der Waals surface area contributed by atoms with Crippen LogP contribution in [0.5, 0.6) is 0 Å². The molecule has 0 aliphatic carbocycles. The summed E-state index contributed by atoms with van der Waals surface area (Å²) in [6, 6.07) is 16.4. The molecule has 2 aromatic carbocycles. The van der Waals surface area contributed by atoms with Gasteiger partial charge in [-0.15, -0.1) is 0 Å². The summed E-state index contributed by atoms with van der Waals surface area (Å²) in [5, 5.41) is 8.13. The van der Waals surface area contributed by atoms with Crippen LogP contribution in [0.2, 0.25) is 5.02 Å². The number of halogens is 1. The van der Waals surface area contributed by atoms with E-state index < -0.39 is 0 Å². The second kappa shape index (κ2) is 8.44. The molecule has 1 aliphatic rings. The van der Waals surface area contributed by atoms with Gasteiger partial charge in [0.05, 0.1) is 6.54 Å². The molecule has 0 saturated heterocycles. The van der Waals surface area contributed by atoms with E-state index in [1.807, 2.05) is 41.1 Å². The van der Waals surface area contributed by atoms with Crippen LogP contribution in [0.15, 0.2) is 54.6 Å². The van der Waals surface area contributed by atoms with Crippen molar-refractivity contribution in [1.82, 2.24) is 14.8 Å². The van der Waals surface area contributed by atoms with Crippen LogP contribution in [-0.2, 0) is 19.5 Å². The Kier molecular flexibility index (Phi) is 5.58. The Bertz CT molecular complexity index is 933. The Balaban J connectivity index is 1.58. The van der Waals surface area contributed by atoms with Gasteiger partial charge in [-0.25, -0.2) is 14.5 Å². The van der Waals surface area contributed by atoms with Crippen molar-refractivity contribution in [3.8, 4) is 0 Å². The van der Waals surface area contributed by atoms with Gasteiger partial charge in [0, 0.05) is 29.4 Å². The number of rotatable bonds is 4. The zero-order valence-electron chi connectivity index (χ0n) is 15.5. The Labute approximate surface area is 169 Å². The molecule has 144 valence electrons. The predicted molar refractivity (Wildman–Crippen MR) is 111 cm³/mol. The largest absolute Gasteiger partial charge is 0.326 e. The van der Waals surface area contributed by atoms with Gasteiger partial charge >= 0.3 is 6.03 Å². The molecule has 1 aliphatic heterocycles. The van der Waals surface area contributed by atoms with E-state index >= 15 is 0 Å². The molecule has 6 nitrogen and oxygen atoms in total. The van der Waals surface area contributed by atoms with Crippen LogP contribution in [0.1, 0.15) is 30.9 Å². The third-order valence-electron chi connectivity index (χ3n) is 4.75. The lowest BCUT2D eigenvalue weighted by Crippen LogP contribution is -2.35. The maximum absolute atomic E-state index is 13.0. The Morgan fingerprint density at radius 3 is 2.79 bits per heavy atom. The number of fused-ring (bicyclic) bond motifs is 1. The third-order valence-corrected chi connectivity index (χ3v) is 4.99. The van der Waals surface area contributed by atoms with Crippen LogP contribution in [0.25, 0.3) is 0 Å². The van der Waals surface area contributed by atoms with Crippen molar-refractivity contribution in [2.75, 3.05) is 10.2 Å². The van der Waals surface area contributed by atoms with Crippen molar-refractivity contribution in [3.05, 3.63) is 71.3 Å². The first-order valence-corrected chi connectivity index (χ1v) is 9.88. The lowest BCUT2D eigenvalue weighted by molar-refractivity contribution is 0.256. The van der Waals surface area contributed by atoms with Crippen molar-refractivity contribution < 1.29 is 4.79 Å². The molecular weight excluding hydrogens is 374 g/mol. The molecule has 0 saturated carbocycles. The highest BCUT2D eigenvalue weighted by molar-refractivity contribution is 6.30. The van der Waals surface area contributed by atoms with Gasteiger partial charge in [0.2, 0.25) is 0 Å². The van der Waals surface area contributed by atoms with Crippen LogP contribution in [0.3, 0.4) is 0 Å². The Morgan fingerprint density at radius 1 is 1.11 bits per heavy atom. The molecule has 3 aromatic rings. The minimum Gasteiger partial charge on any atom is -0.307 e. The van der Waals surface area contributed by atoms with E-state index in [9.17, 15) is 4.79 Å². The standard InChI is InChI=1S/C21H22ClN5O/c22-16-8-7-9-17(14-16)23-21(28)26(18-10-3-1-4-11-18)15-19-24-20-12-5-2-6-13-27(20)25-19/h1,3-4,7-11,14H,2,5-6,12-13,15H2,(H,23,28). The highest BCUT2D eigenvalue weighted by atomic mass is 35.5. The number of aromatic nitrogens is 3. The molecule has 7 heteroatoms. The number of carbonyl (C=O) groups excluding carboxylic acids is 1. The summed E-state index contributed by atoms with van der Waals surface area (Å²) in [7, 11) is 0. The van der Waals surface area contributed by atoms with Gasteiger partial charge in [0.1, 0.15) is 5.82 Å². The molecule has 4 rings (SSSR count). The van der Waals surface area contributed by atoms with Crippen LogP contribution in [0.4, 0.5) is 16.2 Å². The zero-order valence-corrected chi connectivity index (χ0v) is 16.3. The predicted octanol–water partition coefficient (Wildman–Crippen LogP) is 4.90. The molecule has 0 radical (unpaired) electrons. The molecule has 0 bridgehead atoms. The van der Waals surface area contributed by atoms with E-state index in [4.69, 9.17) is 11.6 Å². The maximum atomic E-state index is 13.0. The quantitative estimate of drug-likeness (QED) is 0.683. The molecule has 28 heavy (non-hydrogen) atoms. The minimum atomic E-state index is -0.251. The molecule has 0 fully saturated rings. The highest BCUT2D eigenvalue weighted by Gasteiger charge is 2.20. The summed E-state index contributed by atoms with van der Waals surface area (Å²) in [6.07, 6.45) is 4.40. The second-order valence-corrected chi connectivity index (χ2v) is 7.28. The smallest absolute Gasteiger partial charge is 0.307 e. The molecule has 0 atom stereocenters. The number of urea groups is 1.